The minimum absolute atomic E-state index is 0.0193. The molecule has 0 aliphatic carbocycles. The van der Waals surface area contributed by atoms with Gasteiger partial charge >= 0.3 is 5.97 Å². The molecule has 1 unspecified atom stereocenters. The van der Waals surface area contributed by atoms with Crippen molar-refractivity contribution in [3.63, 3.8) is 0 Å². The number of nitrogens with one attached hydrogen (secondary N) is 1. The Balaban J connectivity index is 2.20. The normalized spacial score (nSPS) is 24.6. The second-order valence-electron chi connectivity index (χ2n) is 3.44. The van der Waals surface area contributed by atoms with E-state index >= 15 is 0 Å². The van der Waals surface area contributed by atoms with Crippen molar-refractivity contribution in [1.82, 2.24) is 5.32 Å². The minimum atomic E-state index is -0.812. The SMILES string of the molecule is O=C(O)[C@@H]1CSC(c2cc(Cl)ccc2Br)N1. The van der Waals surface area contributed by atoms with Gasteiger partial charge in [0.1, 0.15) is 6.04 Å². The first-order valence-electron chi connectivity index (χ1n) is 4.63. The maximum atomic E-state index is 10.8. The number of carbonyl (C=O) groups is 1. The lowest BCUT2D eigenvalue weighted by Gasteiger charge is -2.13. The van der Waals surface area contributed by atoms with E-state index in [1.165, 1.54) is 0 Å². The van der Waals surface area contributed by atoms with Gasteiger partial charge in [0.05, 0.1) is 5.37 Å². The number of halogens is 2. The molecule has 0 amide bonds. The van der Waals surface area contributed by atoms with Crippen molar-refractivity contribution >= 4 is 45.3 Å². The standard InChI is InChI=1S/C10H9BrClNO2S/c11-7-2-1-5(12)3-6(7)9-13-8(4-16-9)10(14)15/h1-3,8-9,13H,4H2,(H,14,15)/t8-,9?/m0/s1. The van der Waals surface area contributed by atoms with Crippen molar-refractivity contribution in [1.29, 1.82) is 0 Å². The van der Waals surface area contributed by atoms with Crippen LogP contribution in [0.5, 0.6) is 0 Å². The van der Waals surface area contributed by atoms with Gasteiger partial charge in [0.15, 0.2) is 0 Å². The molecule has 0 radical (unpaired) electrons. The Hall–Kier alpha value is -0.230. The van der Waals surface area contributed by atoms with Gasteiger partial charge in [-0.15, -0.1) is 11.8 Å². The predicted molar refractivity (Wildman–Crippen MR) is 68.9 cm³/mol. The number of rotatable bonds is 2. The van der Waals surface area contributed by atoms with E-state index in [-0.39, 0.29) is 5.37 Å². The lowest BCUT2D eigenvalue weighted by molar-refractivity contribution is -0.138. The molecule has 0 aromatic heterocycles. The van der Waals surface area contributed by atoms with E-state index in [9.17, 15) is 4.79 Å². The van der Waals surface area contributed by atoms with Gasteiger partial charge < -0.3 is 5.11 Å². The average molecular weight is 323 g/mol. The molecule has 2 rings (SSSR count). The molecule has 1 aromatic carbocycles. The van der Waals surface area contributed by atoms with E-state index in [2.05, 4.69) is 21.2 Å². The average Bonchev–Trinajstić information content (AvgIpc) is 2.70. The number of hydrogen-bond acceptors (Lipinski definition) is 3. The molecule has 1 fully saturated rings. The summed E-state index contributed by atoms with van der Waals surface area (Å²) in [5.41, 5.74) is 0.987. The summed E-state index contributed by atoms with van der Waals surface area (Å²) in [6, 6.07) is 5.03. The lowest BCUT2D eigenvalue weighted by atomic mass is 10.2. The topological polar surface area (TPSA) is 49.3 Å². The largest absolute Gasteiger partial charge is 0.480 e. The smallest absolute Gasteiger partial charge is 0.321 e. The third-order valence-corrected chi connectivity index (χ3v) is 4.53. The molecule has 0 bridgehead atoms. The maximum absolute atomic E-state index is 10.8. The van der Waals surface area contributed by atoms with Crippen LogP contribution in [0, 0.1) is 0 Å². The summed E-state index contributed by atoms with van der Waals surface area (Å²) in [5.74, 6) is -0.243. The monoisotopic (exact) mass is 321 g/mol. The van der Waals surface area contributed by atoms with Crippen molar-refractivity contribution in [2.75, 3.05) is 5.75 Å². The zero-order valence-corrected chi connectivity index (χ0v) is 11.3. The van der Waals surface area contributed by atoms with E-state index in [4.69, 9.17) is 16.7 Å². The number of aliphatic carboxylic acids is 1. The van der Waals surface area contributed by atoms with E-state index < -0.39 is 12.0 Å². The Morgan fingerprint density at radius 1 is 1.62 bits per heavy atom. The molecular weight excluding hydrogens is 314 g/mol. The summed E-state index contributed by atoms with van der Waals surface area (Å²) < 4.78 is 0.938. The van der Waals surface area contributed by atoms with Crippen LogP contribution in [0.4, 0.5) is 0 Å². The molecule has 1 saturated heterocycles. The van der Waals surface area contributed by atoms with Gasteiger partial charge in [-0.2, -0.15) is 0 Å². The summed E-state index contributed by atoms with van der Waals surface area (Å²) in [5, 5.41) is 12.6. The Morgan fingerprint density at radius 3 is 3.00 bits per heavy atom. The van der Waals surface area contributed by atoms with Gasteiger partial charge in [0.2, 0.25) is 0 Å². The zero-order chi connectivity index (χ0) is 11.7. The number of carboxylic acid groups (broad SMARTS) is 1. The van der Waals surface area contributed by atoms with Crippen molar-refractivity contribution in [2.24, 2.45) is 0 Å². The summed E-state index contributed by atoms with van der Waals surface area (Å²) in [6.45, 7) is 0. The van der Waals surface area contributed by atoms with Crippen LogP contribution < -0.4 is 5.32 Å². The van der Waals surface area contributed by atoms with Crippen LogP contribution in [-0.4, -0.2) is 22.9 Å². The maximum Gasteiger partial charge on any atom is 0.321 e. The molecule has 16 heavy (non-hydrogen) atoms. The molecule has 0 saturated carbocycles. The van der Waals surface area contributed by atoms with Gasteiger partial charge in [0.25, 0.3) is 0 Å². The molecule has 3 nitrogen and oxygen atoms in total. The molecule has 0 spiro atoms. The van der Waals surface area contributed by atoms with Crippen LogP contribution >= 0.6 is 39.3 Å². The highest BCUT2D eigenvalue weighted by Gasteiger charge is 2.31. The van der Waals surface area contributed by atoms with Crippen LogP contribution in [0.2, 0.25) is 5.02 Å². The highest BCUT2D eigenvalue weighted by molar-refractivity contribution is 9.10. The van der Waals surface area contributed by atoms with E-state index in [0.29, 0.717) is 10.8 Å². The third kappa shape index (κ3) is 2.53. The fourth-order valence-electron chi connectivity index (χ4n) is 1.51. The zero-order valence-electron chi connectivity index (χ0n) is 8.11. The van der Waals surface area contributed by atoms with Crippen LogP contribution in [0.1, 0.15) is 10.9 Å². The predicted octanol–water partition coefficient (Wildman–Crippen LogP) is 2.89. The van der Waals surface area contributed by atoms with Gasteiger partial charge in [-0.3, -0.25) is 10.1 Å². The fourth-order valence-corrected chi connectivity index (χ4v) is 3.58. The quantitative estimate of drug-likeness (QED) is 0.879. The Morgan fingerprint density at radius 2 is 2.38 bits per heavy atom. The van der Waals surface area contributed by atoms with Crippen LogP contribution in [0.25, 0.3) is 0 Å². The van der Waals surface area contributed by atoms with E-state index in [1.807, 2.05) is 12.1 Å². The van der Waals surface area contributed by atoms with Gasteiger partial charge in [-0.1, -0.05) is 27.5 Å². The summed E-state index contributed by atoms with van der Waals surface area (Å²) in [4.78, 5) is 10.8. The minimum Gasteiger partial charge on any atom is -0.480 e. The number of carboxylic acids is 1. The summed E-state index contributed by atoms with van der Waals surface area (Å²) >= 11 is 10.9. The lowest BCUT2D eigenvalue weighted by Crippen LogP contribution is -2.33. The summed E-state index contributed by atoms with van der Waals surface area (Å²) in [7, 11) is 0. The molecule has 1 aromatic rings. The molecule has 1 aliphatic heterocycles. The number of thioether (sulfide) groups is 1. The van der Waals surface area contributed by atoms with Crippen molar-refractivity contribution in [3.05, 3.63) is 33.3 Å². The second kappa shape index (κ2) is 4.96. The van der Waals surface area contributed by atoms with Gasteiger partial charge in [0, 0.05) is 15.2 Å². The molecule has 86 valence electrons. The van der Waals surface area contributed by atoms with Gasteiger partial charge in [-0.05, 0) is 23.8 Å². The third-order valence-electron chi connectivity index (χ3n) is 2.32. The van der Waals surface area contributed by atoms with Gasteiger partial charge in [-0.25, -0.2) is 0 Å². The van der Waals surface area contributed by atoms with E-state index in [1.54, 1.807) is 17.8 Å². The summed E-state index contributed by atoms with van der Waals surface area (Å²) in [6.07, 6.45) is 0. The van der Waals surface area contributed by atoms with Crippen LogP contribution in [-0.2, 0) is 4.79 Å². The number of hydrogen-bond donors (Lipinski definition) is 2. The molecule has 2 N–H and O–H groups in total. The first-order chi connectivity index (χ1) is 7.58. The molecule has 2 atom stereocenters. The Labute approximate surface area is 111 Å². The molecule has 1 heterocycles. The Kier molecular flexibility index (Phi) is 3.79. The van der Waals surface area contributed by atoms with Crippen molar-refractivity contribution in [2.45, 2.75) is 11.4 Å². The first kappa shape index (κ1) is 12.2. The molecular formula is C10H9BrClNO2S. The number of benzene rings is 1. The highest BCUT2D eigenvalue weighted by atomic mass is 79.9. The van der Waals surface area contributed by atoms with Crippen molar-refractivity contribution < 1.29 is 9.90 Å². The van der Waals surface area contributed by atoms with Crippen LogP contribution in [0.15, 0.2) is 22.7 Å². The first-order valence-corrected chi connectivity index (χ1v) is 6.85. The fraction of sp³-hybridized carbons (Fsp3) is 0.300. The van der Waals surface area contributed by atoms with E-state index in [0.717, 1.165) is 10.0 Å². The van der Waals surface area contributed by atoms with Crippen LogP contribution in [0.3, 0.4) is 0 Å². The van der Waals surface area contributed by atoms with Crippen molar-refractivity contribution in [3.8, 4) is 0 Å². The molecule has 6 heteroatoms. The highest BCUT2D eigenvalue weighted by Crippen LogP contribution is 2.37. The second-order valence-corrected chi connectivity index (χ2v) is 5.87. The Bertz CT molecular complexity index is 429. The molecule has 1 aliphatic rings.